The Balaban J connectivity index is 1.54. The van der Waals surface area contributed by atoms with Crippen molar-refractivity contribution in [2.24, 2.45) is 0 Å². The molecule has 1 saturated heterocycles. The van der Waals surface area contributed by atoms with E-state index in [9.17, 15) is 14.7 Å². The van der Waals surface area contributed by atoms with Gasteiger partial charge >= 0.3 is 0 Å². The first-order valence-electron chi connectivity index (χ1n) is 8.76. The van der Waals surface area contributed by atoms with Crippen molar-refractivity contribution in [3.8, 4) is 5.75 Å². The third kappa shape index (κ3) is 2.75. The van der Waals surface area contributed by atoms with E-state index in [1.54, 1.807) is 17.0 Å². The summed E-state index contributed by atoms with van der Waals surface area (Å²) in [5.74, 6) is -0.205. The van der Waals surface area contributed by atoms with E-state index < -0.39 is 0 Å². The van der Waals surface area contributed by atoms with Gasteiger partial charge in [-0.2, -0.15) is 0 Å². The molecule has 132 valence electrons. The molecule has 0 aromatic heterocycles. The van der Waals surface area contributed by atoms with Crippen LogP contribution in [0.3, 0.4) is 0 Å². The summed E-state index contributed by atoms with van der Waals surface area (Å²) in [4.78, 5) is 26.8. The summed E-state index contributed by atoms with van der Waals surface area (Å²) in [7, 11) is 0. The fourth-order valence-corrected chi connectivity index (χ4v) is 3.69. The summed E-state index contributed by atoms with van der Waals surface area (Å²) in [5, 5.41) is 13.0. The van der Waals surface area contributed by atoms with Gasteiger partial charge in [-0.1, -0.05) is 29.8 Å². The first-order valence-corrected chi connectivity index (χ1v) is 8.76. The van der Waals surface area contributed by atoms with Gasteiger partial charge in [-0.15, -0.1) is 0 Å². The minimum atomic E-state index is -0.164. The topological polar surface area (TPSA) is 69.6 Å². The van der Waals surface area contributed by atoms with Gasteiger partial charge < -0.3 is 15.3 Å². The van der Waals surface area contributed by atoms with E-state index in [1.807, 2.05) is 37.3 Å². The van der Waals surface area contributed by atoms with Crippen molar-refractivity contribution in [3.05, 3.63) is 64.7 Å². The van der Waals surface area contributed by atoms with Crippen LogP contribution in [0.25, 0.3) is 5.57 Å². The predicted octanol–water partition coefficient (Wildman–Crippen LogP) is 3.34. The maximum Gasteiger partial charge on any atom is 0.257 e. The number of piperidine rings is 1. The number of amides is 2. The van der Waals surface area contributed by atoms with E-state index in [1.165, 1.54) is 0 Å². The Bertz CT molecular complexity index is 936. The third-order valence-corrected chi connectivity index (χ3v) is 5.06. The van der Waals surface area contributed by atoms with Crippen LogP contribution < -0.4 is 5.32 Å². The highest BCUT2D eigenvalue weighted by molar-refractivity contribution is 6.32. The molecule has 2 amide bonds. The average Bonchev–Trinajstić information content (AvgIpc) is 2.97. The molecule has 2 N–H and O–H groups in total. The SMILES string of the molecule is Cc1ccc(C(=O)N2CCC(=C3C(=O)Nc4ccccc43)CC2)c(O)c1. The predicted molar refractivity (Wildman–Crippen MR) is 100.0 cm³/mol. The third-order valence-electron chi connectivity index (χ3n) is 5.06. The second-order valence-corrected chi connectivity index (χ2v) is 6.79. The number of nitrogens with zero attached hydrogens (tertiary/aromatic N) is 1. The van der Waals surface area contributed by atoms with Crippen LogP contribution in [-0.4, -0.2) is 34.9 Å². The monoisotopic (exact) mass is 348 g/mol. The number of benzene rings is 2. The zero-order valence-corrected chi connectivity index (χ0v) is 14.6. The molecule has 0 radical (unpaired) electrons. The number of phenolic OH excluding ortho intramolecular Hbond substituents is 1. The summed E-state index contributed by atoms with van der Waals surface area (Å²) in [6.07, 6.45) is 1.32. The van der Waals surface area contributed by atoms with E-state index in [0.717, 1.165) is 28.0 Å². The summed E-state index contributed by atoms with van der Waals surface area (Å²) < 4.78 is 0. The molecule has 0 saturated carbocycles. The zero-order valence-electron chi connectivity index (χ0n) is 14.6. The molecule has 5 heteroatoms. The number of phenols is 1. The second kappa shape index (κ2) is 6.33. The van der Waals surface area contributed by atoms with E-state index in [2.05, 4.69) is 5.32 Å². The molecule has 0 unspecified atom stereocenters. The number of hydrogen-bond donors (Lipinski definition) is 2. The van der Waals surface area contributed by atoms with Crippen molar-refractivity contribution in [1.82, 2.24) is 4.90 Å². The van der Waals surface area contributed by atoms with Crippen LogP contribution in [0.2, 0.25) is 0 Å². The van der Waals surface area contributed by atoms with Crippen LogP contribution in [0.1, 0.15) is 34.3 Å². The number of likely N-dealkylation sites (tertiary alicyclic amines) is 1. The van der Waals surface area contributed by atoms with Crippen LogP contribution in [0.5, 0.6) is 5.75 Å². The van der Waals surface area contributed by atoms with Gasteiger partial charge in [0.15, 0.2) is 0 Å². The highest BCUT2D eigenvalue weighted by atomic mass is 16.3. The standard InChI is InChI=1S/C21H20N2O3/c1-13-6-7-16(18(24)12-13)21(26)23-10-8-14(9-11-23)19-15-4-2-3-5-17(15)22-20(19)25/h2-7,12,24H,8-11H2,1H3,(H,22,25). The summed E-state index contributed by atoms with van der Waals surface area (Å²) in [6.45, 7) is 2.96. The van der Waals surface area contributed by atoms with E-state index in [0.29, 0.717) is 31.5 Å². The van der Waals surface area contributed by atoms with Crippen molar-refractivity contribution in [2.45, 2.75) is 19.8 Å². The van der Waals surface area contributed by atoms with Crippen molar-refractivity contribution in [3.63, 3.8) is 0 Å². The number of carbonyl (C=O) groups is 2. The summed E-state index contributed by atoms with van der Waals surface area (Å²) in [5.41, 5.74) is 4.88. The lowest BCUT2D eigenvalue weighted by Crippen LogP contribution is -2.36. The van der Waals surface area contributed by atoms with Crippen LogP contribution in [0.15, 0.2) is 48.0 Å². The largest absolute Gasteiger partial charge is 0.507 e. The van der Waals surface area contributed by atoms with E-state index >= 15 is 0 Å². The van der Waals surface area contributed by atoms with E-state index in [4.69, 9.17) is 0 Å². The maximum absolute atomic E-state index is 12.7. The molecular formula is C21H20N2O3. The van der Waals surface area contributed by atoms with Crippen LogP contribution in [0, 0.1) is 6.92 Å². The van der Waals surface area contributed by atoms with Crippen LogP contribution >= 0.6 is 0 Å². The molecule has 4 rings (SSSR count). The number of nitrogens with one attached hydrogen (secondary N) is 1. The molecule has 2 aromatic carbocycles. The number of rotatable bonds is 1. The molecule has 26 heavy (non-hydrogen) atoms. The molecule has 2 heterocycles. The van der Waals surface area contributed by atoms with Crippen LogP contribution in [-0.2, 0) is 4.79 Å². The van der Waals surface area contributed by atoms with Crippen LogP contribution in [0.4, 0.5) is 5.69 Å². The second-order valence-electron chi connectivity index (χ2n) is 6.79. The molecule has 2 aliphatic heterocycles. The normalized spacial score (nSPS) is 16.5. The minimum absolute atomic E-state index is 0.0169. The number of anilines is 1. The molecule has 2 aromatic rings. The highest BCUT2D eigenvalue weighted by Crippen LogP contribution is 2.36. The minimum Gasteiger partial charge on any atom is -0.507 e. The Morgan fingerprint density at radius 1 is 1.12 bits per heavy atom. The van der Waals surface area contributed by atoms with Crippen molar-refractivity contribution in [1.29, 1.82) is 0 Å². The lowest BCUT2D eigenvalue weighted by atomic mass is 9.93. The summed E-state index contributed by atoms with van der Waals surface area (Å²) >= 11 is 0. The maximum atomic E-state index is 12.7. The van der Waals surface area contributed by atoms with Gasteiger partial charge in [-0.25, -0.2) is 0 Å². The van der Waals surface area contributed by atoms with Gasteiger partial charge in [0.2, 0.25) is 0 Å². The Kier molecular flexibility index (Phi) is 3.99. The molecule has 0 bridgehead atoms. The van der Waals surface area contributed by atoms with Gasteiger partial charge in [0.25, 0.3) is 11.8 Å². The molecule has 0 aliphatic carbocycles. The Labute approximate surface area is 151 Å². The molecule has 1 fully saturated rings. The molecular weight excluding hydrogens is 328 g/mol. The van der Waals surface area contributed by atoms with Gasteiger partial charge in [-0.3, -0.25) is 9.59 Å². The van der Waals surface area contributed by atoms with Gasteiger partial charge in [0.05, 0.1) is 5.56 Å². The molecule has 5 nitrogen and oxygen atoms in total. The fourth-order valence-electron chi connectivity index (χ4n) is 3.69. The number of hydrogen-bond acceptors (Lipinski definition) is 3. The number of aryl methyl sites for hydroxylation is 1. The lowest BCUT2D eigenvalue weighted by molar-refractivity contribution is -0.110. The van der Waals surface area contributed by atoms with Crippen molar-refractivity contribution < 1.29 is 14.7 Å². The molecule has 0 spiro atoms. The van der Waals surface area contributed by atoms with Crippen molar-refractivity contribution >= 4 is 23.1 Å². The highest BCUT2D eigenvalue weighted by Gasteiger charge is 2.30. The number of carbonyl (C=O) groups excluding carboxylic acids is 2. The first-order chi connectivity index (χ1) is 12.5. The Hall–Kier alpha value is -3.08. The number of aromatic hydroxyl groups is 1. The summed E-state index contributed by atoms with van der Waals surface area (Å²) in [6, 6.07) is 12.8. The number of fused-ring (bicyclic) bond motifs is 1. The lowest BCUT2D eigenvalue weighted by Gasteiger charge is -2.29. The van der Waals surface area contributed by atoms with Crippen molar-refractivity contribution in [2.75, 3.05) is 18.4 Å². The molecule has 0 atom stereocenters. The van der Waals surface area contributed by atoms with Gasteiger partial charge in [-0.05, 0) is 43.5 Å². The smallest absolute Gasteiger partial charge is 0.257 e. The molecule has 2 aliphatic rings. The first kappa shape index (κ1) is 16.4. The average molecular weight is 348 g/mol. The number of para-hydroxylation sites is 1. The Morgan fingerprint density at radius 2 is 1.85 bits per heavy atom. The van der Waals surface area contributed by atoms with E-state index in [-0.39, 0.29) is 17.6 Å². The quantitative estimate of drug-likeness (QED) is 0.777. The zero-order chi connectivity index (χ0) is 18.3. The Morgan fingerprint density at radius 3 is 2.58 bits per heavy atom. The fraction of sp³-hybridized carbons (Fsp3) is 0.238. The van der Waals surface area contributed by atoms with Gasteiger partial charge in [0, 0.05) is 29.9 Å². The van der Waals surface area contributed by atoms with Gasteiger partial charge in [0.1, 0.15) is 5.75 Å².